The third-order valence-electron chi connectivity index (χ3n) is 24.0. The van der Waals surface area contributed by atoms with Gasteiger partial charge in [0.25, 0.3) is 0 Å². The Morgan fingerprint density at radius 1 is 0.124 bits per heavy atom. The minimum Gasteiger partial charge on any atom is -0.208 e. The molecule has 0 bridgehead atoms. The van der Waals surface area contributed by atoms with Gasteiger partial charge in [0.1, 0.15) is 0 Å². The van der Waals surface area contributed by atoms with Crippen LogP contribution in [-0.4, -0.2) is 15.0 Å². The van der Waals surface area contributed by atoms with E-state index in [1.54, 1.807) is 0 Å². The topological polar surface area (TPSA) is 38.7 Å². The van der Waals surface area contributed by atoms with Gasteiger partial charge in [0, 0.05) is 36.9 Å². The van der Waals surface area contributed by atoms with Crippen molar-refractivity contribution in [2.45, 2.75) is 0 Å². The Morgan fingerprint density at radius 3 is 0.719 bits per heavy atom. The summed E-state index contributed by atoms with van der Waals surface area (Å²) in [5.41, 5.74) is 19.8. The zero-order valence-electron chi connectivity index (χ0n) is 66.1. The van der Waals surface area contributed by atoms with E-state index < -0.39 is 0 Å². The molecule has 22 aromatic carbocycles. The molecule has 2 aromatic heterocycles. The first-order chi connectivity index (χ1) is 60.0. The van der Waals surface area contributed by atoms with Crippen molar-refractivity contribution in [2.24, 2.45) is 0 Å². The zero-order chi connectivity index (χ0) is 80.1. The zero-order valence-corrected chi connectivity index (χ0v) is 66.9. The third-order valence-corrected chi connectivity index (χ3v) is 25.2. The molecule has 0 amide bonds. The van der Waals surface area contributed by atoms with Gasteiger partial charge in [-0.2, -0.15) is 0 Å². The Balaban J connectivity index is 0.000000111. The van der Waals surface area contributed by atoms with Crippen molar-refractivity contribution in [3.63, 3.8) is 0 Å². The van der Waals surface area contributed by atoms with E-state index in [1.807, 2.05) is 72.0 Å². The molecular weight excluding hydrogens is 1480 g/mol. The summed E-state index contributed by atoms with van der Waals surface area (Å²) in [5.74, 6) is 1.96. The molecule has 2 heterocycles. The molecule has 564 valence electrons. The molecule has 4 heteroatoms. The molecule has 0 aliphatic carbocycles. The standard InChI is InChI=1S/C45H29N3.C42H28.C30H18S/c1-3-13-30(14-4-1)43-46-44(31-15-5-2-6-16-31)48-45(47-43)36-20-12-19-34(28-36)32-17-11-18-33(27-32)35-25-26-41-39-23-8-7-21-37(39)38-22-9-10-24-40(38)42(41)29-35;1-3-12-29(13-4-1)34-25-35(30-14-5-2-6-15-30)27-36(26-34)32-17-11-16-31(24-32)33-22-23-41-39-20-8-7-18-37(39)38-19-9-10-21-40(38)42(41)28-33;1-2-10-23-21(8-1)22-9-3-4-11-24(22)28-18-19(16-17-25(23)28)20-13-7-14-27-26-12-5-6-15-29(26)31-30(20)27/h1-29H;1-28H;1-18H. The van der Waals surface area contributed by atoms with Crippen LogP contribution in [-0.2, 0) is 0 Å². The monoisotopic (exact) mass is 1550 g/mol. The molecule has 0 aliphatic rings. The van der Waals surface area contributed by atoms with Crippen molar-refractivity contribution < 1.29 is 0 Å². The maximum Gasteiger partial charge on any atom is 0.164 e. The molecule has 0 fully saturated rings. The molecule has 24 rings (SSSR count). The average molecular weight is 1550 g/mol. The fourth-order valence-corrected chi connectivity index (χ4v) is 19.4. The summed E-state index contributed by atoms with van der Waals surface area (Å²) in [6.45, 7) is 0. The lowest BCUT2D eigenvalue weighted by Gasteiger charge is -2.14. The quantitative estimate of drug-likeness (QED) is 0.128. The van der Waals surface area contributed by atoms with Crippen LogP contribution in [0.3, 0.4) is 0 Å². The van der Waals surface area contributed by atoms with Crippen LogP contribution in [0, 0.1) is 0 Å². The van der Waals surface area contributed by atoms with Crippen molar-refractivity contribution in [1.82, 2.24) is 15.0 Å². The van der Waals surface area contributed by atoms with Crippen molar-refractivity contribution in [2.75, 3.05) is 0 Å². The highest BCUT2D eigenvalue weighted by Gasteiger charge is 2.19. The van der Waals surface area contributed by atoms with Crippen molar-refractivity contribution in [3.05, 3.63) is 455 Å². The molecule has 0 radical (unpaired) electrons. The highest BCUT2D eigenvalue weighted by molar-refractivity contribution is 7.26. The SMILES string of the molecule is c1ccc(-c2cc(-c3ccccc3)cc(-c3cccc(-c4ccc5c6ccccc6c6ccccc6c5c4)c3)c2)cc1.c1ccc(-c2nc(-c3ccccc3)nc(-c3cccc(-c4cccc(-c5ccc6c7ccccc7c7ccccc7c6c5)c4)c3)n2)cc1.c1ccc2c(c1)sc1c(-c3ccc4c5ccccc5c5ccccc5c4c3)cccc12. The van der Waals surface area contributed by atoms with Gasteiger partial charge in [0.2, 0.25) is 0 Å². The molecule has 3 nitrogen and oxygen atoms in total. The van der Waals surface area contributed by atoms with E-state index in [9.17, 15) is 0 Å². The Morgan fingerprint density at radius 2 is 0.347 bits per heavy atom. The fourth-order valence-electron chi connectivity index (χ4n) is 18.1. The second-order valence-corrected chi connectivity index (χ2v) is 32.2. The number of nitrogens with zero attached hydrogens (tertiary/aromatic N) is 3. The second kappa shape index (κ2) is 31.1. The molecule has 121 heavy (non-hydrogen) atoms. The van der Waals surface area contributed by atoms with Gasteiger partial charge in [-0.25, -0.2) is 15.0 Å². The van der Waals surface area contributed by atoms with Gasteiger partial charge in [0.15, 0.2) is 17.5 Å². The normalized spacial score (nSPS) is 11.5. The smallest absolute Gasteiger partial charge is 0.164 e. The number of fused-ring (bicyclic) bond motifs is 21. The third kappa shape index (κ3) is 13.5. The van der Waals surface area contributed by atoms with Crippen LogP contribution in [0.2, 0.25) is 0 Å². The maximum atomic E-state index is 4.95. The predicted molar refractivity (Wildman–Crippen MR) is 518 cm³/mol. The van der Waals surface area contributed by atoms with Crippen LogP contribution >= 0.6 is 11.3 Å². The Hall–Kier alpha value is -15.6. The van der Waals surface area contributed by atoms with E-state index in [1.165, 1.54) is 184 Å². The predicted octanol–water partition coefficient (Wildman–Crippen LogP) is 32.7. The van der Waals surface area contributed by atoms with Crippen LogP contribution in [0.15, 0.2) is 455 Å². The van der Waals surface area contributed by atoms with Crippen LogP contribution in [0.5, 0.6) is 0 Å². The van der Waals surface area contributed by atoms with Crippen molar-refractivity contribution >= 4 is 128 Å². The molecule has 0 N–H and O–H groups in total. The largest absolute Gasteiger partial charge is 0.208 e. The summed E-state index contributed by atoms with van der Waals surface area (Å²) in [4.78, 5) is 14.8. The molecule has 0 aliphatic heterocycles. The molecule has 0 saturated carbocycles. The molecule has 0 spiro atoms. The minimum absolute atomic E-state index is 0.648. The average Bonchev–Trinajstić information content (AvgIpc) is 0.920. The Kier molecular flexibility index (Phi) is 18.5. The molecular formula is C117H75N3S. The van der Waals surface area contributed by atoms with Gasteiger partial charge in [-0.15, -0.1) is 11.3 Å². The van der Waals surface area contributed by atoms with E-state index in [4.69, 9.17) is 15.0 Å². The van der Waals surface area contributed by atoms with E-state index in [-0.39, 0.29) is 0 Å². The van der Waals surface area contributed by atoms with Crippen LogP contribution in [0.4, 0.5) is 0 Å². The van der Waals surface area contributed by atoms with Crippen LogP contribution in [0.1, 0.15) is 0 Å². The lowest BCUT2D eigenvalue weighted by atomic mass is 9.90. The lowest BCUT2D eigenvalue weighted by molar-refractivity contribution is 1.07. The maximum absolute atomic E-state index is 4.95. The number of rotatable bonds is 10. The summed E-state index contributed by atoms with van der Waals surface area (Å²) in [5, 5.41) is 26.1. The molecule has 24 aromatic rings. The number of aromatic nitrogens is 3. The van der Waals surface area contributed by atoms with Gasteiger partial charge in [0.05, 0.1) is 0 Å². The first-order valence-corrected chi connectivity index (χ1v) is 42.2. The Bertz CT molecular complexity index is 7920. The van der Waals surface area contributed by atoms with Crippen LogP contribution < -0.4 is 0 Å². The lowest BCUT2D eigenvalue weighted by Crippen LogP contribution is -2.00. The summed E-state index contributed by atoms with van der Waals surface area (Å²) < 4.78 is 2.72. The highest BCUT2D eigenvalue weighted by atomic mass is 32.1. The highest BCUT2D eigenvalue weighted by Crippen LogP contribution is 2.46. The van der Waals surface area contributed by atoms with Gasteiger partial charge in [-0.05, 0) is 236 Å². The first-order valence-electron chi connectivity index (χ1n) is 41.3. The molecule has 0 atom stereocenters. The van der Waals surface area contributed by atoms with E-state index in [0.717, 1.165) is 27.8 Å². The Labute approximate surface area is 705 Å². The number of benzene rings is 22. The van der Waals surface area contributed by atoms with E-state index >= 15 is 0 Å². The summed E-state index contributed by atoms with van der Waals surface area (Å²) >= 11 is 1.89. The van der Waals surface area contributed by atoms with Gasteiger partial charge in [-0.1, -0.05) is 394 Å². The second-order valence-electron chi connectivity index (χ2n) is 31.1. The fraction of sp³-hybridized carbons (Fsp3) is 0. The number of thiophene rings is 1. The number of hydrogen-bond donors (Lipinski definition) is 0. The van der Waals surface area contributed by atoms with Gasteiger partial charge >= 0.3 is 0 Å². The summed E-state index contributed by atoms with van der Waals surface area (Å²) in [6, 6.07) is 164. The van der Waals surface area contributed by atoms with Gasteiger partial charge < -0.3 is 0 Å². The molecule has 0 saturated heterocycles. The van der Waals surface area contributed by atoms with Crippen molar-refractivity contribution in [3.8, 4) is 112 Å². The van der Waals surface area contributed by atoms with E-state index in [0.29, 0.717) is 17.5 Å². The number of hydrogen-bond acceptors (Lipinski definition) is 4. The minimum atomic E-state index is 0.648. The summed E-state index contributed by atoms with van der Waals surface area (Å²) in [7, 11) is 0. The van der Waals surface area contributed by atoms with E-state index in [2.05, 4.69) is 394 Å². The van der Waals surface area contributed by atoms with Gasteiger partial charge in [-0.3, -0.25) is 0 Å². The van der Waals surface area contributed by atoms with Crippen molar-refractivity contribution in [1.29, 1.82) is 0 Å². The summed E-state index contributed by atoms with van der Waals surface area (Å²) in [6.07, 6.45) is 0. The van der Waals surface area contributed by atoms with Crippen LogP contribution in [0.25, 0.3) is 229 Å². The first kappa shape index (κ1) is 71.9. The molecule has 0 unspecified atom stereocenters.